The van der Waals surface area contributed by atoms with Crippen LogP contribution in [0.5, 0.6) is 0 Å². The average Bonchev–Trinajstić information content (AvgIpc) is 4.04. The van der Waals surface area contributed by atoms with E-state index in [4.69, 9.17) is 28.2 Å². The van der Waals surface area contributed by atoms with Gasteiger partial charge in [-0.3, -0.25) is 9.59 Å². The second-order valence-electron chi connectivity index (χ2n) is 20.7. The highest BCUT2D eigenvalue weighted by Crippen LogP contribution is 2.38. The first-order valence-electron chi connectivity index (χ1n) is 25.8. The molecule has 2 aliphatic rings. The van der Waals surface area contributed by atoms with Crippen LogP contribution in [0.1, 0.15) is 132 Å². The van der Waals surface area contributed by atoms with Gasteiger partial charge in [0, 0.05) is 126 Å². The molecule has 0 radical (unpaired) electrons. The van der Waals surface area contributed by atoms with Crippen LogP contribution in [0.2, 0.25) is 10.0 Å². The molecular weight excluding hydrogens is 914 g/mol. The summed E-state index contributed by atoms with van der Waals surface area (Å²) < 4.78 is 4.12. The van der Waals surface area contributed by atoms with Crippen molar-refractivity contribution < 1.29 is 9.59 Å². The summed E-state index contributed by atoms with van der Waals surface area (Å²) in [6.45, 7) is 12.8. The first kappa shape index (κ1) is 51.4. The monoisotopic (exact) mass is 988 g/mol. The zero-order valence-electron chi connectivity index (χ0n) is 43.1. The van der Waals surface area contributed by atoms with Crippen molar-refractivity contribution in [1.82, 2.24) is 33.9 Å². The lowest BCUT2D eigenvalue weighted by molar-refractivity contribution is 0.0945. The number of imidazole rings is 2. The number of Topliss-reactive ketones (excluding diaryl/α,β-unsaturated/α-hetero) is 1. The Morgan fingerprint density at radius 2 is 1.26 bits per heavy atom. The largest absolute Gasteiger partial charge is 0.369 e. The van der Waals surface area contributed by atoms with Crippen molar-refractivity contribution >= 4 is 57.6 Å². The molecule has 374 valence electrons. The number of nitrogens with zero attached hydrogens (tertiary/aromatic N) is 8. The van der Waals surface area contributed by atoms with Gasteiger partial charge in [0.1, 0.15) is 11.3 Å². The Morgan fingerprint density at radius 3 is 1.87 bits per heavy atom. The van der Waals surface area contributed by atoms with Crippen LogP contribution in [0.3, 0.4) is 0 Å². The SMILES string of the molecule is CCC(CC(=O)c1cc(Cl)cc(N(CC)C2CCC(N(C)C)CC2)c1C)Cc1c(C)c(CCN(c2cc(Cl)cc(C(=O)NCc3cccn4ccnc34)c2C)C2CCC(N(C)C)CC2)cn2ccnc12. The number of carbonyl (C=O) groups is 2. The van der Waals surface area contributed by atoms with Crippen LogP contribution in [0.15, 0.2) is 73.6 Å². The van der Waals surface area contributed by atoms with Crippen molar-refractivity contribution in [3.8, 4) is 0 Å². The quantitative estimate of drug-likeness (QED) is 0.0802. The molecule has 11 nitrogen and oxygen atoms in total. The molecule has 2 aliphatic carbocycles. The molecule has 4 aromatic heterocycles. The zero-order chi connectivity index (χ0) is 49.8. The van der Waals surface area contributed by atoms with Crippen molar-refractivity contribution in [2.45, 2.75) is 142 Å². The van der Waals surface area contributed by atoms with Gasteiger partial charge in [0.2, 0.25) is 0 Å². The molecule has 1 atom stereocenters. The molecule has 0 saturated heterocycles. The second-order valence-corrected chi connectivity index (χ2v) is 21.5. The van der Waals surface area contributed by atoms with E-state index in [2.05, 4.69) is 115 Å². The van der Waals surface area contributed by atoms with E-state index in [0.717, 1.165) is 116 Å². The van der Waals surface area contributed by atoms with E-state index in [1.54, 1.807) is 12.3 Å². The summed E-state index contributed by atoms with van der Waals surface area (Å²) >= 11 is 13.8. The van der Waals surface area contributed by atoms with E-state index >= 15 is 0 Å². The van der Waals surface area contributed by atoms with Crippen LogP contribution < -0.4 is 15.1 Å². The molecule has 0 bridgehead atoms. The molecule has 6 aromatic rings. The molecule has 1 amide bonds. The summed E-state index contributed by atoms with van der Waals surface area (Å²) in [6.07, 6.45) is 23.5. The van der Waals surface area contributed by atoms with Crippen LogP contribution in [0, 0.1) is 26.7 Å². The molecule has 0 aliphatic heterocycles. The lowest BCUT2D eigenvalue weighted by atomic mass is 9.86. The number of benzene rings is 2. The molecule has 2 fully saturated rings. The third-order valence-electron chi connectivity index (χ3n) is 16.1. The number of ketones is 1. The van der Waals surface area contributed by atoms with Crippen LogP contribution in [-0.2, 0) is 19.4 Å². The van der Waals surface area contributed by atoms with Gasteiger partial charge in [0.05, 0.1) is 0 Å². The van der Waals surface area contributed by atoms with Crippen LogP contribution in [0.4, 0.5) is 11.4 Å². The fourth-order valence-electron chi connectivity index (χ4n) is 11.8. The van der Waals surface area contributed by atoms with Crippen molar-refractivity contribution in [2.24, 2.45) is 5.92 Å². The molecule has 8 rings (SSSR count). The number of rotatable bonds is 19. The lowest BCUT2D eigenvalue weighted by Crippen LogP contribution is -2.43. The van der Waals surface area contributed by atoms with E-state index in [1.165, 1.54) is 29.5 Å². The molecule has 70 heavy (non-hydrogen) atoms. The predicted molar refractivity (Wildman–Crippen MR) is 289 cm³/mol. The Labute approximate surface area is 426 Å². The van der Waals surface area contributed by atoms with Crippen LogP contribution >= 0.6 is 23.2 Å². The summed E-state index contributed by atoms with van der Waals surface area (Å²) in [7, 11) is 8.73. The van der Waals surface area contributed by atoms with Gasteiger partial charge in [-0.2, -0.15) is 0 Å². The first-order valence-corrected chi connectivity index (χ1v) is 26.5. The highest BCUT2D eigenvalue weighted by molar-refractivity contribution is 6.31. The number of halogens is 2. The number of amides is 1. The van der Waals surface area contributed by atoms with Crippen LogP contribution in [0.25, 0.3) is 11.3 Å². The summed E-state index contributed by atoms with van der Waals surface area (Å²) in [4.78, 5) is 47.7. The van der Waals surface area contributed by atoms with E-state index in [-0.39, 0.29) is 23.7 Å². The first-order chi connectivity index (χ1) is 33.6. The number of hydrogen-bond donors (Lipinski definition) is 1. The van der Waals surface area contributed by atoms with Gasteiger partial charge in [-0.05, 0) is 184 Å². The van der Waals surface area contributed by atoms with Crippen LogP contribution in [-0.4, -0.2) is 106 Å². The summed E-state index contributed by atoms with van der Waals surface area (Å²) in [5.74, 6) is 0.100. The fraction of sp³-hybridized carbons (Fsp3) is 0.509. The molecule has 1 N–H and O–H groups in total. The number of pyridine rings is 2. The van der Waals surface area contributed by atoms with E-state index in [1.807, 2.05) is 47.4 Å². The number of hydrogen-bond acceptors (Lipinski definition) is 8. The lowest BCUT2D eigenvalue weighted by Gasteiger charge is -2.41. The average molecular weight is 989 g/mol. The highest BCUT2D eigenvalue weighted by atomic mass is 35.5. The normalized spacial score (nSPS) is 19.0. The van der Waals surface area contributed by atoms with E-state index < -0.39 is 0 Å². The van der Waals surface area contributed by atoms with E-state index in [9.17, 15) is 9.59 Å². The van der Waals surface area contributed by atoms with E-state index in [0.29, 0.717) is 46.7 Å². The minimum absolute atomic E-state index is 0.113. The smallest absolute Gasteiger partial charge is 0.251 e. The number of fused-ring (bicyclic) bond motifs is 2. The van der Waals surface area contributed by atoms with Gasteiger partial charge in [-0.25, -0.2) is 9.97 Å². The Morgan fingerprint density at radius 1 is 0.700 bits per heavy atom. The predicted octanol–water partition coefficient (Wildman–Crippen LogP) is 11.6. The maximum atomic E-state index is 14.5. The Hall–Kier alpha value is -4.94. The van der Waals surface area contributed by atoms with Gasteiger partial charge in [-0.1, -0.05) is 42.6 Å². The molecular formula is C57H75Cl2N9O2. The standard InChI is InChI=1S/C57H75Cl2N9O2/c1-10-40(30-54(69)49-31-43(58)33-52(38(49)4)67(11-2)47-18-14-45(15-19-47)63(6)7)29-50-37(3)42(36-66-28-24-61-56(50)66)22-26-68(48-20-16-46(17-21-48)64(8)9)53-34-44(59)32-51(39(53)5)57(70)62-35-41-13-12-25-65-27-23-60-55(41)65/h12-13,23-25,27-28,31-34,36,40,45-48H,10-11,14-22,26,29-30,35H2,1-9H3,(H,62,70). The minimum Gasteiger partial charge on any atom is -0.369 e. The van der Waals surface area contributed by atoms with Gasteiger partial charge in [0.25, 0.3) is 5.91 Å². The van der Waals surface area contributed by atoms with Crippen molar-refractivity contribution in [3.63, 3.8) is 0 Å². The number of nitrogens with one attached hydrogen (secondary N) is 1. The Balaban J connectivity index is 1.03. The second kappa shape index (κ2) is 22.6. The maximum absolute atomic E-state index is 14.5. The van der Waals surface area contributed by atoms with Crippen molar-refractivity contribution in [3.05, 3.63) is 128 Å². The maximum Gasteiger partial charge on any atom is 0.251 e. The summed E-state index contributed by atoms with van der Waals surface area (Å²) in [5.41, 5.74) is 11.7. The number of aromatic nitrogens is 4. The fourth-order valence-corrected chi connectivity index (χ4v) is 12.2. The molecule has 4 heterocycles. The number of carbonyl (C=O) groups excluding carboxylic acids is 2. The third kappa shape index (κ3) is 11.2. The van der Waals surface area contributed by atoms with Crippen molar-refractivity contribution in [2.75, 3.05) is 51.1 Å². The molecule has 13 heteroatoms. The van der Waals surface area contributed by atoms with Gasteiger partial charge in [0.15, 0.2) is 5.78 Å². The Kier molecular flexibility index (Phi) is 16.6. The highest BCUT2D eigenvalue weighted by Gasteiger charge is 2.31. The molecule has 2 aromatic carbocycles. The molecule has 2 saturated carbocycles. The topological polar surface area (TPSA) is 93.7 Å². The van der Waals surface area contributed by atoms with Gasteiger partial charge >= 0.3 is 0 Å². The molecule has 1 unspecified atom stereocenters. The molecule has 0 spiro atoms. The van der Waals surface area contributed by atoms with Crippen molar-refractivity contribution in [1.29, 1.82) is 0 Å². The Bertz CT molecular complexity index is 2780. The zero-order valence-corrected chi connectivity index (χ0v) is 44.6. The third-order valence-corrected chi connectivity index (χ3v) is 16.6. The number of anilines is 2. The minimum atomic E-state index is -0.159. The summed E-state index contributed by atoms with van der Waals surface area (Å²) in [6, 6.07) is 13.7. The van der Waals surface area contributed by atoms with Gasteiger partial charge < -0.3 is 33.7 Å². The summed E-state index contributed by atoms with van der Waals surface area (Å²) in [5, 5.41) is 4.33. The van der Waals surface area contributed by atoms with Gasteiger partial charge in [-0.15, -0.1) is 0 Å².